The molecule has 30 heavy (non-hydrogen) atoms. The monoisotopic (exact) mass is 419 g/mol. The third-order valence-corrected chi connectivity index (χ3v) is 13.0. The number of hydrogen-bond donors (Lipinski definition) is 0. The Morgan fingerprint density at radius 1 is 0.800 bits per heavy atom. The molecule has 5 rings (SSSR count). The number of aryl methyl sites for hydroxylation is 6. The summed E-state index contributed by atoms with van der Waals surface area (Å²) in [6, 6.07) is 11.5. The summed E-state index contributed by atoms with van der Waals surface area (Å²) >= 11 is 0. The largest absolute Gasteiger partial charge is 0.403 e. The molecule has 0 aromatic heterocycles. The van der Waals surface area contributed by atoms with Gasteiger partial charge >= 0.3 is 0 Å². The molecule has 0 saturated carbocycles. The van der Waals surface area contributed by atoms with Gasteiger partial charge < -0.3 is 4.43 Å². The van der Waals surface area contributed by atoms with Crippen molar-refractivity contribution in [3.8, 4) is 0 Å². The molecule has 2 nitrogen and oxygen atoms in total. The van der Waals surface area contributed by atoms with Crippen LogP contribution in [0.3, 0.4) is 0 Å². The summed E-state index contributed by atoms with van der Waals surface area (Å²) in [5, 5.41) is 3.14. The zero-order valence-electron chi connectivity index (χ0n) is 19.6. The second-order valence-corrected chi connectivity index (χ2v) is 13.8. The summed E-state index contributed by atoms with van der Waals surface area (Å²) in [5.74, 6) is 0.694. The van der Waals surface area contributed by atoms with Crippen LogP contribution in [0.1, 0.15) is 52.6 Å². The van der Waals surface area contributed by atoms with Crippen molar-refractivity contribution in [1.82, 2.24) is 4.90 Å². The van der Waals surface area contributed by atoms with Gasteiger partial charge in [0, 0.05) is 12.6 Å². The van der Waals surface area contributed by atoms with Crippen molar-refractivity contribution in [1.29, 1.82) is 0 Å². The van der Waals surface area contributed by atoms with Crippen molar-refractivity contribution in [3.05, 3.63) is 57.6 Å². The van der Waals surface area contributed by atoms with Gasteiger partial charge in [0.1, 0.15) is 0 Å². The standard InChI is InChI=1S/C27H37NOSi/c1-17-11-19(3)26(20(4)12-17)30(27-21(5)13-18(2)14-22(27)6)16-23-15-28-10-8-7-9-24(28)25(23)29-30/h11-14,23-25H,7-10,15-16H2,1-6H3/t23-,24-,25+/m0/s1. The molecule has 3 atom stereocenters. The summed E-state index contributed by atoms with van der Waals surface area (Å²) in [5.41, 5.74) is 8.51. The minimum absolute atomic E-state index is 0.428. The summed E-state index contributed by atoms with van der Waals surface area (Å²) < 4.78 is 7.51. The van der Waals surface area contributed by atoms with E-state index < -0.39 is 8.32 Å². The summed E-state index contributed by atoms with van der Waals surface area (Å²) in [6.07, 6.45) is 4.49. The third kappa shape index (κ3) is 3.04. The van der Waals surface area contributed by atoms with Crippen LogP contribution < -0.4 is 10.4 Å². The Labute approximate surface area is 183 Å². The molecule has 3 aliphatic rings. The summed E-state index contributed by atoms with van der Waals surface area (Å²) in [4.78, 5) is 2.75. The number of nitrogens with zero attached hydrogens (tertiary/aromatic N) is 1. The Balaban J connectivity index is 1.70. The van der Waals surface area contributed by atoms with E-state index in [2.05, 4.69) is 70.7 Å². The first-order chi connectivity index (χ1) is 14.3. The van der Waals surface area contributed by atoms with Gasteiger partial charge in [-0.15, -0.1) is 0 Å². The fourth-order valence-corrected chi connectivity index (χ4v) is 13.2. The highest BCUT2D eigenvalue weighted by molar-refractivity contribution is 6.99. The van der Waals surface area contributed by atoms with Crippen LogP contribution >= 0.6 is 0 Å². The molecule has 0 radical (unpaired) electrons. The Kier molecular flexibility index (Phi) is 5.00. The predicted molar refractivity (Wildman–Crippen MR) is 129 cm³/mol. The van der Waals surface area contributed by atoms with Crippen LogP contribution in [-0.2, 0) is 4.43 Å². The highest BCUT2D eigenvalue weighted by Crippen LogP contribution is 2.45. The molecule has 0 bridgehead atoms. The van der Waals surface area contributed by atoms with Gasteiger partial charge in [0.05, 0.1) is 6.10 Å². The van der Waals surface area contributed by atoms with Gasteiger partial charge in [-0.25, -0.2) is 0 Å². The molecule has 0 aliphatic carbocycles. The molecule has 0 spiro atoms. The highest BCUT2D eigenvalue weighted by Gasteiger charge is 2.59. The molecule has 2 aromatic carbocycles. The zero-order valence-corrected chi connectivity index (χ0v) is 20.6. The fraction of sp³-hybridized carbons (Fsp3) is 0.556. The number of piperidine rings is 1. The van der Waals surface area contributed by atoms with Crippen molar-refractivity contribution in [2.24, 2.45) is 5.92 Å². The van der Waals surface area contributed by atoms with Gasteiger partial charge in [0.2, 0.25) is 0 Å². The highest BCUT2D eigenvalue weighted by atomic mass is 28.4. The average Bonchev–Trinajstić information content (AvgIpc) is 3.15. The number of benzene rings is 2. The van der Waals surface area contributed by atoms with Gasteiger partial charge in [0.15, 0.2) is 0 Å². The normalized spacial score (nSPS) is 27.9. The molecule has 3 saturated heterocycles. The van der Waals surface area contributed by atoms with Gasteiger partial charge in [-0.1, -0.05) is 41.8 Å². The average molecular weight is 420 g/mol. The van der Waals surface area contributed by atoms with Gasteiger partial charge in [0.25, 0.3) is 8.32 Å². The lowest BCUT2D eigenvalue weighted by atomic mass is 9.97. The predicted octanol–water partition coefficient (Wildman–Crippen LogP) is 4.48. The maximum atomic E-state index is 7.51. The quantitative estimate of drug-likeness (QED) is 0.666. The third-order valence-electron chi connectivity index (χ3n) is 8.03. The van der Waals surface area contributed by atoms with E-state index in [4.69, 9.17) is 4.43 Å². The van der Waals surface area contributed by atoms with E-state index in [1.165, 1.54) is 71.8 Å². The lowest BCUT2D eigenvalue weighted by molar-refractivity contribution is 0.109. The molecular formula is C27H37NOSi. The van der Waals surface area contributed by atoms with Gasteiger partial charge in [-0.05, 0) is 106 Å². The molecular weight excluding hydrogens is 382 g/mol. The maximum absolute atomic E-state index is 7.51. The SMILES string of the molecule is Cc1cc(C)c([Si]2(c3c(C)cc(C)cc3C)C[C@@H]3CN4CCCC[C@H]4[C@@H]3O2)c(C)c1. The molecule has 3 fully saturated rings. The van der Waals surface area contributed by atoms with E-state index in [1.54, 1.807) is 10.4 Å². The van der Waals surface area contributed by atoms with E-state index in [1.807, 2.05) is 0 Å². The smallest absolute Gasteiger partial charge is 0.257 e. The fourth-order valence-electron chi connectivity index (χ4n) is 7.42. The molecule has 3 heteroatoms. The molecule has 3 heterocycles. The molecule has 3 aliphatic heterocycles. The summed E-state index contributed by atoms with van der Waals surface area (Å²) in [7, 11) is -2.31. The van der Waals surface area contributed by atoms with Crippen molar-refractivity contribution < 1.29 is 4.43 Å². The van der Waals surface area contributed by atoms with Crippen molar-refractivity contribution >= 4 is 18.7 Å². The minimum atomic E-state index is -2.31. The van der Waals surface area contributed by atoms with Crippen LogP contribution in [0, 0.1) is 47.5 Å². The Hall–Kier alpha value is -1.42. The van der Waals surface area contributed by atoms with E-state index in [-0.39, 0.29) is 0 Å². The van der Waals surface area contributed by atoms with E-state index in [0.717, 1.165) is 0 Å². The molecule has 160 valence electrons. The Morgan fingerprint density at radius 2 is 1.33 bits per heavy atom. The first-order valence-electron chi connectivity index (χ1n) is 11.9. The second kappa shape index (κ2) is 7.32. The Bertz CT molecular complexity index is 893. The number of hydrogen-bond acceptors (Lipinski definition) is 2. The van der Waals surface area contributed by atoms with Crippen LogP contribution in [0.5, 0.6) is 0 Å². The first kappa shape index (κ1) is 20.5. The molecule has 2 aromatic rings. The van der Waals surface area contributed by atoms with Crippen LogP contribution in [0.15, 0.2) is 24.3 Å². The molecule has 0 unspecified atom stereocenters. The van der Waals surface area contributed by atoms with Crippen molar-refractivity contribution in [2.75, 3.05) is 13.1 Å². The van der Waals surface area contributed by atoms with Crippen LogP contribution in [0.2, 0.25) is 6.04 Å². The maximum Gasteiger partial charge on any atom is 0.257 e. The van der Waals surface area contributed by atoms with Gasteiger partial charge in [-0.2, -0.15) is 0 Å². The van der Waals surface area contributed by atoms with E-state index >= 15 is 0 Å². The topological polar surface area (TPSA) is 12.5 Å². The van der Waals surface area contributed by atoms with Crippen molar-refractivity contribution in [3.63, 3.8) is 0 Å². The van der Waals surface area contributed by atoms with E-state index in [0.29, 0.717) is 18.1 Å². The molecule has 0 N–H and O–H groups in total. The lowest BCUT2D eigenvalue weighted by Crippen LogP contribution is -2.63. The number of rotatable bonds is 2. The number of fused-ring (bicyclic) bond motifs is 3. The van der Waals surface area contributed by atoms with Crippen LogP contribution in [0.25, 0.3) is 0 Å². The second-order valence-electron chi connectivity index (χ2n) is 10.5. The minimum Gasteiger partial charge on any atom is -0.403 e. The lowest BCUT2D eigenvalue weighted by Gasteiger charge is -2.38. The van der Waals surface area contributed by atoms with Crippen LogP contribution in [0.4, 0.5) is 0 Å². The Morgan fingerprint density at radius 3 is 1.87 bits per heavy atom. The van der Waals surface area contributed by atoms with Gasteiger partial charge in [-0.3, -0.25) is 4.90 Å². The van der Waals surface area contributed by atoms with E-state index in [9.17, 15) is 0 Å². The first-order valence-corrected chi connectivity index (χ1v) is 14.0. The molecule has 0 amide bonds. The zero-order chi connectivity index (χ0) is 21.2. The summed E-state index contributed by atoms with van der Waals surface area (Å²) in [6.45, 7) is 16.3. The van der Waals surface area contributed by atoms with Crippen molar-refractivity contribution in [2.45, 2.75) is 79.0 Å². The van der Waals surface area contributed by atoms with Crippen LogP contribution in [-0.4, -0.2) is 38.5 Å².